The van der Waals surface area contributed by atoms with Gasteiger partial charge in [-0.05, 0) is 43.2 Å². The molecule has 0 aliphatic carbocycles. The van der Waals surface area contributed by atoms with Gasteiger partial charge in [0.05, 0.1) is 34.6 Å². The quantitative estimate of drug-likeness (QED) is 0.543. The zero-order valence-electron chi connectivity index (χ0n) is 16.4. The number of nitriles is 1. The van der Waals surface area contributed by atoms with Crippen LogP contribution in [-0.4, -0.2) is 20.0 Å². The largest absolute Gasteiger partial charge is 0.272 e. The lowest BCUT2D eigenvalue weighted by Gasteiger charge is -2.07. The minimum absolute atomic E-state index is 0.213. The summed E-state index contributed by atoms with van der Waals surface area (Å²) in [5.74, 6) is 0. The molecule has 0 saturated carbocycles. The van der Waals surface area contributed by atoms with E-state index < -0.39 is 0 Å². The molecular formula is C23H19N5O. The van der Waals surface area contributed by atoms with E-state index in [1.807, 2.05) is 63.4 Å². The molecule has 0 atom stereocenters. The molecular weight excluding hydrogens is 362 g/mol. The number of allylic oxidation sites excluding steroid dienone is 1. The van der Waals surface area contributed by atoms with E-state index in [2.05, 4.69) is 21.4 Å². The fourth-order valence-corrected chi connectivity index (χ4v) is 3.43. The maximum atomic E-state index is 12.0. The third-order valence-corrected chi connectivity index (χ3v) is 5.01. The molecule has 2 aromatic carbocycles. The molecule has 4 rings (SSSR count). The number of aromatic amines is 1. The molecule has 0 spiro atoms. The fraction of sp³-hybridized carbons (Fsp3) is 0.130. The van der Waals surface area contributed by atoms with E-state index in [1.54, 1.807) is 16.9 Å². The molecule has 6 heteroatoms. The average Bonchev–Trinajstić information content (AvgIpc) is 3.09. The Hall–Kier alpha value is -3.98. The van der Waals surface area contributed by atoms with Gasteiger partial charge in [-0.25, -0.2) is 5.10 Å². The van der Waals surface area contributed by atoms with E-state index >= 15 is 0 Å². The second-order valence-corrected chi connectivity index (χ2v) is 7.00. The van der Waals surface area contributed by atoms with E-state index in [0.717, 1.165) is 39.0 Å². The molecule has 142 valence electrons. The monoisotopic (exact) mass is 381 g/mol. The number of aromatic nitrogens is 4. The normalized spacial score (nSPS) is 11.6. The molecule has 1 N–H and O–H groups in total. The Morgan fingerprint density at radius 3 is 2.76 bits per heavy atom. The Morgan fingerprint density at radius 2 is 2.00 bits per heavy atom. The summed E-state index contributed by atoms with van der Waals surface area (Å²) in [6.07, 6.45) is 3.62. The highest BCUT2D eigenvalue weighted by Gasteiger charge is 2.13. The minimum Gasteiger partial charge on any atom is -0.268 e. The van der Waals surface area contributed by atoms with Crippen LogP contribution in [0.4, 0.5) is 0 Å². The van der Waals surface area contributed by atoms with E-state index in [9.17, 15) is 10.1 Å². The Labute approximate surface area is 167 Å². The van der Waals surface area contributed by atoms with E-state index in [4.69, 9.17) is 0 Å². The predicted octanol–water partition coefficient (Wildman–Crippen LogP) is 4.00. The van der Waals surface area contributed by atoms with E-state index in [-0.39, 0.29) is 5.56 Å². The first kappa shape index (κ1) is 18.4. The number of hydrogen-bond donors (Lipinski definition) is 1. The highest BCUT2D eigenvalue weighted by molar-refractivity contribution is 5.94. The molecule has 6 nitrogen and oxygen atoms in total. The summed E-state index contributed by atoms with van der Waals surface area (Å²) < 4.78 is 1.75. The van der Waals surface area contributed by atoms with Crippen LogP contribution in [0.2, 0.25) is 0 Å². The summed E-state index contributed by atoms with van der Waals surface area (Å²) in [6, 6.07) is 15.8. The third kappa shape index (κ3) is 3.34. The smallest absolute Gasteiger partial charge is 0.268 e. The van der Waals surface area contributed by atoms with Crippen molar-refractivity contribution < 1.29 is 0 Å². The maximum Gasteiger partial charge on any atom is 0.272 e. The highest BCUT2D eigenvalue weighted by atomic mass is 16.1. The summed E-state index contributed by atoms with van der Waals surface area (Å²) >= 11 is 0. The summed E-state index contributed by atoms with van der Waals surface area (Å²) in [5.41, 5.74) is 5.67. The molecule has 0 bridgehead atoms. The average molecular weight is 381 g/mol. The van der Waals surface area contributed by atoms with Crippen LogP contribution in [0.1, 0.15) is 22.5 Å². The van der Waals surface area contributed by atoms with Gasteiger partial charge in [0.2, 0.25) is 0 Å². The predicted molar refractivity (Wildman–Crippen MR) is 114 cm³/mol. The highest BCUT2D eigenvalue weighted by Crippen LogP contribution is 2.29. The summed E-state index contributed by atoms with van der Waals surface area (Å²) in [5, 5.41) is 22.1. The standard InChI is InChI=1S/C23H19N5O/c1-14-5-4-6-16(9-14)18(12-24)11-22-21(13-25-28(22)3)17-7-8-19-20(10-17)15(2)26-27-23(19)29/h4-11,13H,1-3H3,(H,27,29). The SMILES string of the molecule is Cc1cccc(C(C#N)=Cc2c(-c3ccc4c(=O)[nH]nc(C)c4c3)cnn2C)c1. The van der Waals surface area contributed by atoms with Crippen molar-refractivity contribution in [2.24, 2.45) is 7.05 Å². The van der Waals surface area contributed by atoms with Gasteiger partial charge >= 0.3 is 0 Å². The molecule has 0 saturated heterocycles. The molecule has 2 heterocycles. The number of aryl methyl sites for hydroxylation is 3. The van der Waals surface area contributed by atoms with Crippen LogP contribution < -0.4 is 5.56 Å². The van der Waals surface area contributed by atoms with Crippen molar-refractivity contribution in [1.82, 2.24) is 20.0 Å². The van der Waals surface area contributed by atoms with Crippen LogP contribution >= 0.6 is 0 Å². The molecule has 0 fully saturated rings. The summed E-state index contributed by atoms with van der Waals surface area (Å²) in [4.78, 5) is 12.0. The van der Waals surface area contributed by atoms with Gasteiger partial charge < -0.3 is 0 Å². The van der Waals surface area contributed by atoms with Crippen LogP contribution in [0.25, 0.3) is 33.5 Å². The van der Waals surface area contributed by atoms with Crippen LogP contribution in [-0.2, 0) is 7.05 Å². The number of H-pyrrole nitrogens is 1. The Kier molecular flexibility index (Phi) is 4.57. The van der Waals surface area contributed by atoms with E-state index in [0.29, 0.717) is 11.0 Å². The first-order chi connectivity index (χ1) is 14.0. The summed E-state index contributed by atoms with van der Waals surface area (Å²) in [6.45, 7) is 3.86. The van der Waals surface area contributed by atoms with E-state index in [1.165, 1.54) is 0 Å². The molecule has 4 aromatic rings. The van der Waals surface area contributed by atoms with Crippen molar-refractivity contribution in [3.8, 4) is 17.2 Å². The number of fused-ring (bicyclic) bond motifs is 1. The van der Waals surface area contributed by atoms with Gasteiger partial charge in [-0.3, -0.25) is 9.48 Å². The summed E-state index contributed by atoms with van der Waals surface area (Å²) in [7, 11) is 1.85. The van der Waals surface area contributed by atoms with Gasteiger partial charge in [0, 0.05) is 18.0 Å². The number of benzene rings is 2. The number of nitrogens with zero attached hydrogens (tertiary/aromatic N) is 4. The number of rotatable bonds is 3. The minimum atomic E-state index is -0.213. The molecule has 0 aliphatic heterocycles. The van der Waals surface area contributed by atoms with Crippen molar-refractivity contribution in [1.29, 1.82) is 5.26 Å². The Bertz CT molecular complexity index is 1370. The Balaban J connectivity index is 1.89. The van der Waals surface area contributed by atoms with Crippen LogP contribution in [0.3, 0.4) is 0 Å². The molecule has 0 amide bonds. The van der Waals surface area contributed by atoms with Crippen LogP contribution in [0.5, 0.6) is 0 Å². The fourth-order valence-electron chi connectivity index (χ4n) is 3.43. The lowest BCUT2D eigenvalue weighted by Crippen LogP contribution is -2.09. The van der Waals surface area contributed by atoms with Gasteiger partial charge in [-0.15, -0.1) is 0 Å². The lowest BCUT2D eigenvalue weighted by molar-refractivity contribution is 0.760. The van der Waals surface area contributed by atoms with Crippen molar-refractivity contribution in [3.05, 3.63) is 81.5 Å². The number of hydrogen-bond acceptors (Lipinski definition) is 4. The van der Waals surface area contributed by atoms with Gasteiger partial charge in [-0.2, -0.15) is 15.5 Å². The zero-order valence-corrected chi connectivity index (χ0v) is 16.4. The third-order valence-electron chi connectivity index (χ3n) is 5.01. The molecule has 29 heavy (non-hydrogen) atoms. The van der Waals surface area contributed by atoms with Crippen LogP contribution in [0.15, 0.2) is 53.5 Å². The topological polar surface area (TPSA) is 87.4 Å². The van der Waals surface area contributed by atoms with Crippen molar-refractivity contribution in [3.63, 3.8) is 0 Å². The second-order valence-electron chi connectivity index (χ2n) is 7.00. The molecule has 0 radical (unpaired) electrons. The van der Waals surface area contributed by atoms with Gasteiger partial charge in [0.1, 0.15) is 0 Å². The molecule has 0 unspecified atom stereocenters. The lowest BCUT2D eigenvalue weighted by atomic mass is 9.99. The maximum absolute atomic E-state index is 12.0. The van der Waals surface area contributed by atoms with Crippen LogP contribution in [0, 0.1) is 25.2 Å². The number of nitrogens with one attached hydrogen (secondary N) is 1. The molecule has 0 aliphatic rings. The second kappa shape index (κ2) is 7.21. The van der Waals surface area contributed by atoms with Gasteiger partial charge in [0.15, 0.2) is 0 Å². The molecule has 2 aromatic heterocycles. The van der Waals surface area contributed by atoms with Crippen molar-refractivity contribution in [2.45, 2.75) is 13.8 Å². The van der Waals surface area contributed by atoms with Gasteiger partial charge in [0.25, 0.3) is 5.56 Å². The zero-order chi connectivity index (χ0) is 20.5. The first-order valence-electron chi connectivity index (χ1n) is 9.18. The van der Waals surface area contributed by atoms with Gasteiger partial charge in [-0.1, -0.05) is 35.9 Å². The first-order valence-corrected chi connectivity index (χ1v) is 9.18. The Morgan fingerprint density at radius 1 is 1.17 bits per heavy atom. The van der Waals surface area contributed by atoms with Crippen molar-refractivity contribution >= 4 is 22.4 Å². The van der Waals surface area contributed by atoms with Crippen molar-refractivity contribution in [2.75, 3.05) is 0 Å².